The predicted octanol–water partition coefficient (Wildman–Crippen LogP) is 4.38. The molecule has 2 saturated carbocycles. The van der Waals surface area contributed by atoms with Gasteiger partial charge in [0.05, 0.1) is 11.7 Å². The summed E-state index contributed by atoms with van der Waals surface area (Å²) in [6.45, 7) is 5.41. The number of nitrogens with one attached hydrogen (secondary N) is 2. The molecule has 4 atom stereocenters. The molecule has 0 aliphatic heterocycles. The van der Waals surface area contributed by atoms with E-state index in [9.17, 15) is 18.4 Å². The van der Waals surface area contributed by atoms with E-state index < -0.39 is 23.3 Å². The summed E-state index contributed by atoms with van der Waals surface area (Å²) in [7, 11) is 0. The summed E-state index contributed by atoms with van der Waals surface area (Å²) in [5.41, 5.74) is 1.52. The second-order valence-corrected chi connectivity index (χ2v) is 10.6. The van der Waals surface area contributed by atoms with Gasteiger partial charge in [0.2, 0.25) is 0 Å². The minimum absolute atomic E-state index is 0.145. The number of ether oxygens (including phenoxy) is 1. The highest BCUT2D eigenvalue weighted by atomic mass is 19.1. The molecule has 2 aromatic rings. The van der Waals surface area contributed by atoms with Crippen LogP contribution in [0, 0.1) is 17.6 Å². The summed E-state index contributed by atoms with van der Waals surface area (Å²) in [5.74, 6) is -1.000. The summed E-state index contributed by atoms with van der Waals surface area (Å²) in [6.07, 6.45) is 4.58. The molecule has 1 aromatic carbocycles. The Labute approximate surface area is 197 Å². The number of carbonyl (C=O) groups excluding carboxylic acids is 2. The number of halogens is 2. The summed E-state index contributed by atoms with van der Waals surface area (Å²) in [4.78, 5) is 25.7. The number of amides is 2. The van der Waals surface area contributed by atoms with E-state index in [0.717, 1.165) is 55.8 Å². The summed E-state index contributed by atoms with van der Waals surface area (Å²) < 4.78 is 34.9. The number of aromatic nitrogens is 2. The molecule has 34 heavy (non-hydrogen) atoms. The monoisotopic (exact) mass is 472 g/mol. The Bertz CT molecular complexity index is 1140. The Balaban J connectivity index is 1.37. The number of rotatable bonds is 4. The molecule has 0 radical (unpaired) electrons. The molecule has 0 bridgehead atoms. The van der Waals surface area contributed by atoms with Crippen LogP contribution in [0.3, 0.4) is 0 Å². The van der Waals surface area contributed by atoms with Crippen LogP contribution in [0.1, 0.15) is 80.5 Å². The van der Waals surface area contributed by atoms with E-state index >= 15 is 0 Å². The van der Waals surface area contributed by atoms with Gasteiger partial charge in [0.15, 0.2) is 11.5 Å². The maximum absolute atomic E-state index is 14.6. The maximum Gasteiger partial charge on any atom is 0.407 e. The van der Waals surface area contributed by atoms with Crippen LogP contribution < -0.4 is 10.6 Å². The fourth-order valence-corrected chi connectivity index (χ4v) is 5.31. The Kier molecular flexibility index (Phi) is 5.61. The van der Waals surface area contributed by atoms with Crippen LogP contribution in [-0.4, -0.2) is 39.5 Å². The van der Waals surface area contributed by atoms with E-state index in [1.54, 1.807) is 20.8 Å². The lowest BCUT2D eigenvalue weighted by Crippen LogP contribution is -2.54. The molecular formula is C25H30F2N4O3. The highest BCUT2D eigenvalue weighted by Gasteiger charge is 2.50. The summed E-state index contributed by atoms with van der Waals surface area (Å²) in [6, 6.07) is 2.88. The molecule has 0 saturated heterocycles. The highest BCUT2D eigenvalue weighted by molar-refractivity contribution is 5.95. The van der Waals surface area contributed by atoms with Gasteiger partial charge in [-0.3, -0.25) is 4.79 Å². The third kappa shape index (κ3) is 4.40. The standard InChI is InChI=1S/C25H30F2N4O3/c1-25(2,3)34-24(33)29-19-7-5-4-6-18(19)28-23(32)21-16-11-13-10-15(13)22(16)31(30-21)20-9-8-14(26)12-17(20)27/h8-9,12-13,15,18-19H,4-7,10-11H2,1-3H3,(H,28,32)(H,29,33)/t13-,15-,18-,19-/m1/s1. The van der Waals surface area contributed by atoms with Gasteiger partial charge in [-0.15, -0.1) is 0 Å². The number of hydrogen-bond acceptors (Lipinski definition) is 4. The molecule has 3 aliphatic rings. The smallest absolute Gasteiger partial charge is 0.407 e. The lowest BCUT2D eigenvalue weighted by atomic mass is 9.90. The Morgan fingerprint density at radius 3 is 2.50 bits per heavy atom. The summed E-state index contributed by atoms with van der Waals surface area (Å²) in [5, 5.41) is 10.5. The molecule has 2 amide bonds. The van der Waals surface area contributed by atoms with E-state index in [2.05, 4.69) is 15.7 Å². The number of carbonyl (C=O) groups is 2. The molecule has 1 aromatic heterocycles. The fourth-order valence-electron chi connectivity index (χ4n) is 5.31. The largest absolute Gasteiger partial charge is 0.444 e. The second-order valence-electron chi connectivity index (χ2n) is 10.6. The van der Waals surface area contributed by atoms with Crippen molar-refractivity contribution in [3.63, 3.8) is 0 Å². The minimum atomic E-state index is -0.713. The molecule has 0 spiro atoms. The van der Waals surface area contributed by atoms with Crippen LogP contribution in [-0.2, 0) is 11.2 Å². The number of fused-ring (bicyclic) bond motifs is 3. The van der Waals surface area contributed by atoms with E-state index in [1.807, 2.05) is 0 Å². The van der Waals surface area contributed by atoms with E-state index in [4.69, 9.17) is 4.74 Å². The van der Waals surface area contributed by atoms with Crippen LogP contribution in [0.4, 0.5) is 13.6 Å². The van der Waals surface area contributed by atoms with Gasteiger partial charge in [-0.05, 0) is 64.5 Å². The fraction of sp³-hybridized carbons (Fsp3) is 0.560. The average molecular weight is 473 g/mol. The topological polar surface area (TPSA) is 85.2 Å². The molecule has 0 unspecified atom stereocenters. The zero-order valence-corrected chi connectivity index (χ0v) is 19.7. The first-order chi connectivity index (χ1) is 16.1. The van der Waals surface area contributed by atoms with Crippen molar-refractivity contribution in [2.24, 2.45) is 5.92 Å². The highest BCUT2D eigenvalue weighted by Crippen LogP contribution is 2.57. The maximum atomic E-state index is 14.6. The van der Waals surface area contributed by atoms with Crippen molar-refractivity contribution < 1.29 is 23.1 Å². The van der Waals surface area contributed by atoms with Crippen LogP contribution in [0.2, 0.25) is 0 Å². The van der Waals surface area contributed by atoms with Crippen molar-refractivity contribution in [2.75, 3.05) is 0 Å². The molecule has 7 nitrogen and oxygen atoms in total. The minimum Gasteiger partial charge on any atom is -0.444 e. The van der Waals surface area contributed by atoms with Crippen molar-refractivity contribution in [2.45, 2.75) is 82.9 Å². The number of nitrogens with zero attached hydrogens (tertiary/aromatic N) is 2. The molecule has 9 heteroatoms. The van der Waals surface area contributed by atoms with Crippen LogP contribution >= 0.6 is 0 Å². The van der Waals surface area contributed by atoms with Gasteiger partial charge in [0.1, 0.15) is 17.1 Å². The Morgan fingerprint density at radius 1 is 1.12 bits per heavy atom. The van der Waals surface area contributed by atoms with E-state index in [0.29, 0.717) is 5.92 Å². The normalized spacial score (nSPS) is 25.3. The SMILES string of the molecule is CC(C)(C)OC(=O)N[C@@H]1CCCC[C@H]1NC(=O)c1nn(-c2ccc(F)cc2F)c2c1C[C@H]1C[C@@H]21. The lowest BCUT2D eigenvalue weighted by Gasteiger charge is -2.33. The van der Waals surface area contributed by atoms with E-state index in [1.165, 1.54) is 16.8 Å². The Morgan fingerprint density at radius 2 is 1.82 bits per heavy atom. The lowest BCUT2D eigenvalue weighted by molar-refractivity contribution is 0.0474. The van der Waals surface area contributed by atoms with Crippen molar-refractivity contribution >= 4 is 12.0 Å². The zero-order chi connectivity index (χ0) is 24.2. The molecule has 5 rings (SSSR count). The summed E-state index contributed by atoms with van der Waals surface area (Å²) >= 11 is 0. The van der Waals surface area contributed by atoms with Gasteiger partial charge in [-0.1, -0.05) is 12.8 Å². The van der Waals surface area contributed by atoms with E-state index in [-0.39, 0.29) is 35.3 Å². The first kappa shape index (κ1) is 22.8. The van der Waals surface area contributed by atoms with Crippen LogP contribution in [0.5, 0.6) is 0 Å². The predicted molar refractivity (Wildman–Crippen MR) is 121 cm³/mol. The second kappa shape index (κ2) is 8.36. The zero-order valence-electron chi connectivity index (χ0n) is 19.7. The first-order valence-electron chi connectivity index (χ1n) is 12.0. The quantitative estimate of drug-likeness (QED) is 0.692. The molecular weight excluding hydrogens is 442 g/mol. The van der Waals surface area contributed by atoms with Gasteiger partial charge in [0.25, 0.3) is 5.91 Å². The molecule has 1 heterocycles. The van der Waals surface area contributed by atoms with Crippen LogP contribution in [0.25, 0.3) is 5.69 Å². The third-order valence-electron chi connectivity index (χ3n) is 6.90. The van der Waals surface area contributed by atoms with Crippen molar-refractivity contribution in [3.05, 3.63) is 46.8 Å². The van der Waals surface area contributed by atoms with Gasteiger partial charge >= 0.3 is 6.09 Å². The first-order valence-corrected chi connectivity index (χ1v) is 12.0. The van der Waals surface area contributed by atoms with Gasteiger partial charge in [-0.2, -0.15) is 5.10 Å². The number of hydrogen-bond donors (Lipinski definition) is 2. The van der Waals surface area contributed by atoms with Crippen molar-refractivity contribution in [1.29, 1.82) is 0 Å². The van der Waals surface area contributed by atoms with Gasteiger partial charge in [0, 0.05) is 23.6 Å². The van der Waals surface area contributed by atoms with Gasteiger partial charge < -0.3 is 15.4 Å². The average Bonchev–Trinajstić information content (AvgIpc) is 3.24. The molecule has 182 valence electrons. The molecule has 2 N–H and O–H groups in total. The molecule has 3 aliphatic carbocycles. The number of benzene rings is 1. The Hall–Kier alpha value is -2.97. The van der Waals surface area contributed by atoms with Gasteiger partial charge in [-0.25, -0.2) is 18.3 Å². The van der Waals surface area contributed by atoms with Crippen molar-refractivity contribution in [1.82, 2.24) is 20.4 Å². The number of alkyl carbamates (subject to hydrolysis) is 1. The third-order valence-corrected chi connectivity index (χ3v) is 6.90. The van der Waals surface area contributed by atoms with Crippen LogP contribution in [0.15, 0.2) is 18.2 Å². The molecule has 2 fully saturated rings. The van der Waals surface area contributed by atoms with Crippen molar-refractivity contribution in [3.8, 4) is 5.69 Å².